The van der Waals surface area contributed by atoms with Crippen LogP contribution in [0, 0.1) is 6.92 Å². The molecule has 0 unspecified atom stereocenters. The molecule has 1 amide bonds. The van der Waals surface area contributed by atoms with Crippen LogP contribution >= 0.6 is 23.6 Å². The molecule has 6 nitrogen and oxygen atoms in total. The highest BCUT2D eigenvalue weighted by molar-refractivity contribution is 7.80. The SMILES string of the molecule is CCc1nnc(NC(=S)NC(=O)c2oc3ccccc3c2C)s1. The first-order chi connectivity index (χ1) is 11.1. The summed E-state index contributed by atoms with van der Waals surface area (Å²) in [5.74, 6) is -0.140. The van der Waals surface area contributed by atoms with E-state index in [9.17, 15) is 4.79 Å². The number of hydrogen-bond donors (Lipinski definition) is 2. The van der Waals surface area contributed by atoms with Crippen LogP contribution in [0.3, 0.4) is 0 Å². The molecule has 2 heterocycles. The van der Waals surface area contributed by atoms with Gasteiger partial charge in [0.2, 0.25) is 5.13 Å². The lowest BCUT2D eigenvalue weighted by Crippen LogP contribution is -2.34. The van der Waals surface area contributed by atoms with Gasteiger partial charge in [0.05, 0.1) is 0 Å². The maximum atomic E-state index is 12.3. The number of benzene rings is 1. The minimum absolute atomic E-state index is 0.161. The van der Waals surface area contributed by atoms with E-state index in [0.717, 1.165) is 22.4 Å². The summed E-state index contributed by atoms with van der Waals surface area (Å²) in [5, 5.41) is 15.9. The van der Waals surface area contributed by atoms with E-state index in [0.29, 0.717) is 10.7 Å². The number of anilines is 1. The quantitative estimate of drug-likeness (QED) is 0.709. The number of rotatable bonds is 3. The summed E-state index contributed by atoms with van der Waals surface area (Å²) in [7, 11) is 0. The molecule has 0 bridgehead atoms. The number of aryl methyl sites for hydroxylation is 2. The third-order valence-corrected chi connectivity index (χ3v) is 4.45. The van der Waals surface area contributed by atoms with Crippen molar-refractivity contribution >= 4 is 50.7 Å². The van der Waals surface area contributed by atoms with Crippen molar-refractivity contribution in [1.29, 1.82) is 0 Å². The van der Waals surface area contributed by atoms with Gasteiger partial charge in [-0.15, -0.1) is 10.2 Å². The van der Waals surface area contributed by atoms with Crippen molar-refractivity contribution in [3.05, 3.63) is 40.6 Å². The number of para-hydroxylation sites is 1. The molecule has 0 aliphatic rings. The number of aromatic nitrogens is 2. The van der Waals surface area contributed by atoms with Crippen molar-refractivity contribution in [3.63, 3.8) is 0 Å². The molecular formula is C15H14N4O2S2. The molecule has 1 aromatic carbocycles. The zero-order valence-corrected chi connectivity index (χ0v) is 14.2. The molecule has 0 fully saturated rings. The van der Waals surface area contributed by atoms with E-state index in [4.69, 9.17) is 16.6 Å². The monoisotopic (exact) mass is 346 g/mol. The predicted octanol–water partition coefficient (Wildman–Crippen LogP) is 3.28. The van der Waals surface area contributed by atoms with Gasteiger partial charge in [0.1, 0.15) is 10.6 Å². The average molecular weight is 346 g/mol. The van der Waals surface area contributed by atoms with Crippen molar-refractivity contribution < 1.29 is 9.21 Å². The lowest BCUT2D eigenvalue weighted by atomic mass is 10.1. The molecule has 0 radical (unpaired) electrons. The Morgan fingerprint density at radius 3 is 2.83 bits per heavy atom. The molecule has 3 rings (SSSR count). The van der Waals surface area contributed by atoms with Crippen molar-refractivity contribution in [1.82, 2.24) is 15.5 Å². The molecule has 3 aromatic rings. The maximum Gasteiger partial charge on any atom is 0.293 e. The van der Waals surface area contributed by atoms with Crippen LogP contribution in [0.4, 0.5) is 5.13 Å². The highest BCUT2D eigenvalue weighted by Crippen LogP contribution is 2.24. The summed E-state index contributed by atoms with van der Waals surface area (Å²) in [6.45, 7) is 3.84. The van der Waals surface area contributed by atoms with E-state index in [2.05, 4.69) is 20.8 Å². The molecule has 23 heavy (non-hydrogen) atoms. The van der Waals surface area contributed by atoms with E-state index >= 15 is 0 Å². The van der Waals surface area contributed by atoms with Crippen molar-refractivity contribution in [2.24, 2.45) is 0 Å². The third kappa shape index (κ3) is 3.22. The van der Waals surface area contributed by atoms with Crippen molar-refractivity contribution in [3.8, 4) is 0 Å². The normalized spacial score (nSPS) is 10.7. The van der Waals surface area contributed by atoms with Crippen molar-refractivity contribution in [2.45, 2.75) is 20.3 Å². The van der Waals surface area contributed by atoms with Gasteiger partial charge in [0.15, 0.2) is 10.9 Å². The smallest absolute Gasteiger partial charge is 0.293 e. The van der Waals surface area contributed by atoms with Crippen molar-refractivity contribution in [2.75, 3.05) is 5.32 Å². The minimum Gasteiger partial charge on any atom is -0.451 e. The van der Waals surface area contributed by atoms with Crippen LogP contribution in [0.1, 0.15) is 28.0 Å². The first-order valence-corrected chi connectivity index (χ1v) is 8.23. The molecule has 0 spiro atoms. The van der Waals surface area contributed by atoms with Crippen LogP contribution < -0.4 is 10.6 Å². The summed E-state index contributed by atoms with van der Waals surface area (Å²) in [6, 6.07) is 7.50. The van der Waals surface area contributed by atoms with Gasteiger partial charge in [0.25, 0.3) is 5.91 Å². The van der Waals surface area contributed by atoms with E-state index in [1.54, 1.807) is 0 Å². The van der Waals surface area contributed by atoms with Gasteiger partial charge in [0, 0.05) is 10.9 Å². The van der Waals surface area contributed by atoms with Gasteiger partial charge >= 0.3 is 0 Å². The van der Waals surface area contributed by atoms with Crippen LogP contribution in [0.2, 0.25) is 0 Å². The Labute approximate surface area is 141 Å². The first-order valence-electron chi connectivity index (χ1n) is 7.01. The summed E-state index contributed by atoms with van der Waals surface area (Å²) < 4.78 is 5.61. The summed E-state index contributed by atoms with van der Waals surface area (Å²) in [4.78, 5) is 12.3. The molecule has 0 aliphatic carbocycles. The second-order valence-electron chi connectivity index (χ2n) is 4.82. The Kier molecular flexibility index (Phi) is 4.35. The Morgan fingerprint density at radius 1 is 1.35 bits per heavy atom. The standard InChI is InChI=1S/C15H14N4O2S2/c1-3-11-18-19-15(23-11)17-14(22)16-13(20)12-8(2)9-6-4-5-7-10(9)21-12/h4-7H,3H2,1-2H3,(H2,16,17,19,20,22). The van der Waals surface area contributed by atoms with Gasteiger partial charge in [-0.05, 0) is 31.6 Å². The van der Waals surface area contributed by atoms with Crippen LogP contribution in [0.15, 0.2) is 28.7 Å². The second kappa shape index (κ2) is 6.43. The fraction of sp³-hybridized carbons (Fsp3) is 0.200. The first kappa shape index (κ1) is 15.6. The Balaban J connectivity index is 1.72. The number of thiocarbonyl (C=S) groups is 1. The predicted molar refractivity (Wildman–Crippen MR) is 93.9 cm³/mol. The molecule has 0 saturated heterocycles. The largest absolute Gasteiger partial charge is 0.451 e. The maximum absolute atomic E-state index is 12.3. The average Bonchev–Trinajstić information content (AvgIpc) is 3.12. The Hall–Kier alpha value is -2.32. The molecule has 2 aromatic heterocycles. The molecule has 0 aliphatic heterocycles. The van der Waals surface area contributed by atoms with E-state index in [1.807, 2.05) is 38.1 Å². The van der Waals surface area contributed by atoms with Gasteiger partial charge in [-0.1, -0.05) is 36.5 Å². The van der Waals surface area contributed by atoms with Crippen LogP contribution in [0.5, 0.6) is 0 Å². The topological polar surface area (TPSA) is 80.0 Å². The fourth-order valence-corrected chi connectivity index (χ4v) is 3.06. The second-order valence-corrected chi connectivity index (χ2v) is 6.29. The van der Waals surface area contributed by atoms with Crippen LogP contribution in [-0.4, -0.2) is 21.2 Å². The Bertz CT molecular complexity index is 885. The lowest BCUT2D eigenvalue weighted by molar-refractivity contribution is 0.0952. The summed E-state index contributed by atoms with van der Waals surface area (Å²) in [6.07, 6.45) is 0.802. The van der Waals surface area contributed by atoms with Gasteiger partial charge in [-0.25, -0.2) is 0 Å². The number of nitrogens with zero attached hydrogens (tertiary/aromatic N) is 2. The summed E-state index contributed by atoms with van der Waals surface area (Å²) in [5.41, 5.74) is 1.45. The molecule has 118 valence electrons. The minimum atomic E-state index is -0.392. The number of fused-ring (bicyclic) bond motifs is 1. The molecule has 2 N–H and O–H groups in total. The number of furan rings is 1. The van der Waals surface area contributed by atoms with Crippen LogP contribution in [0.25, 0.3) is 11.0 Å². The van der Waals surface area contributed by atoms with Gasteiger partial charge in [-0.2, -0.15) is 0 Å². The number of carbonyl (C=O) groups is 1. The van der Waals surface area contributed by atoms with Gasteiger partial charge < -0.3 is 9.73 Å². The van der Waals surface area contributed by atoms with Crippen LogP contribution in [-0.2, 0) is 6.42 Å². The fourth-order valence-electron chi connectivity index (χ4n) is 2.13. The number of amides is 1. The molecule has 0 atom stereocenters. The summed E-state index contributed by atoms with van der Waals surface area (Å²) >= 11 is 6.53. The van der Waals surface area contributed by atoms with E-state index in [-0.39, 0.29) is 10.9 Å². The zero-order valence-electron chi connectivity index (χ0n) is 12.5. The van der Waals surface area contributed by atoms with E-state index < -0.39 is 5.91 Å². The third-order valence-electron chi connectivity index (χ3n) is 3.27. The zero-order chi connectivity index (χ0) is 16.4. The Morgan fingerprint density at radius 2 is 2.13 bits per heavy atom. The lowest BCUT2D eigenvalue weighted by Gasteiger charge is -2.05. The number of nitrogens with one attached hydrogen (secondary N) is 2. The van der Waals surface area contributed by atoms with E-state index in [1.165, 1.54) is 11.3 Å². The number of hydrogen-bond acceptors (Lipinski definition) is 6. The molecule has 8 heteroatoms. The highest BCUT2D eigenvalue weighted by Gasteiger charge is 2.18. The molecule has 0 saturated carbocycles. The highest BCUT2D eigenvalue weighted by atomic mass is 32.1. The van der Waals surface area contributed by atoms with Gasteiger partial charge in [-0.3, -0.25) is 10.1 Å². The number of carbonyl (C=O) groups excluding carboxylic acids is 1. The molecular weight excluding hydrogens is 332 g/mol.